The lowest BCUT2D eigenvalue weighted by molar-refractivity contribution is -0.385. The Kier molecular flexibility index (Phi) is 7.09. The first kappa shape index (κ1) is 24.6. The number of rotatable bonds is 8. The highest BCUT2D eigenvalue weighted by atomic mass is 16.6. The lowest BCUT2D eigenvalue weighted by atomic mass is 9.92. The summed E-state index contributed by atoms with van der Waals surface area (Å²) in [6.07, 6.45) is 0. The van der Waals surface area contributed by atoms with Crippen LogP contribution in [0.25, 0.3) is 0 Å². The highest BCUT2D eigenvalue weighted by Crippen LogP contribution is 2.33. The molecule has 0 unspecified atom stereocenters. The molecule has 0 bridgehead atoms. The number of nitrogens with zero attached hydrogens (tertiary/aromatic N) is 2. The van der Waals surface area contributed by atoms with Crippen molar-refractivity contribution in [2.45, 2.75) is 39.5 Å². The van der Waals surface area contributed by atoms with Gasteiger partial charge >= 0.3 is 5.97 Å². The maximum absolute atomic E-state index is 12.6. The van der Waals surface area contributed by atoms with E-state index in [1.807, 2.05) is 45.9 Å². The summed E-state index contributed by atoms with van der Waals surface area (Å²) >= 11 is 0. The number of hydrogen-bond donors (Lipinski definition) is 1. The van der Waals surface area contributed by atoms with Crippen LogP contribution in [0.15, 0.2) is 36.4 Å². The summed E-state index contributed by atoms with van der Waals surface area (Å²) in [7, 11) is 0. The van der Waals surface area contributed by atoms with Gasteiger partial charge < -0.3 is 10.1 Å². The monoisotopic (exact) mass is 467 g/mol. The van der Waals surface area contributed by atoms with E-state index < -0.39 is 47.5 Å². The fourth-order valence-corrected chi connectivity index (χ4v) is 3.80. The maximum atomic E-state index is 12.6. The molecule has 2 aromatic carbocycles. The molecule has 10 nitrogen and oxygen atoms in total. The molecule has 2 aromatic rings. The van der Waals surface area contributed by atoms with Gasteiger partial charge in [-0.2, -0.15) is 0 Å². The standard InChI is InChI=1S/C24H25N3O7/c1-13(2)15-7-5-8-16(14(3)4)22(15)25-19(28)12-34-20(29)11-26-23(30)17-9-6-10-18(27(32)33)21(17)24(26)31/h5-10,13-14H,11-12H2,1-4H3,(H,25,28). The fraction of sp³-hybridized carbons (Fsp3) is 0.333. The number of nitrogens with one attached hydrogen (secondary N) is 1. The van der Waals surface area contributed by atoms with Gasteiger partial charge in [0, 0.05) is 11.8 Å². The van der Waals surface area contributed by atoms with Crippen LogP contribution in [0.1, 0.15) is 71.4 Å². The van der Waals surface area contributed by atoms with Crippen molar-refractivity contribution in [3.05, 3.63) is 68.8 Å². The van der Waals surface area contributed by atoms with E-state index >= 15 is 0 Å². The van der Waals surface area contributed by atoms with Crippen LogP contribution in [0.4, 0.5) is 11.4 Å². The van der Waals surface area contributed by atoms with Crippen LogP contribution in [0.5, 0.6) is 0 Å². The smallest absolute Gasteiger partial charge is 0.326 e. The predicted molar refractivity (Wildman–Crippen MR) is 123 cm³/mol. The lowest BCUT2D eigenvalue weighted by Crippen LogP contribution is -2.36. The number of benzene rings is 2. The zero-order valence-corrected chi connectivity index (χ0v) is 19.3. The van der Waals surface area contributed by atoms with E-state index in [0.29, 0.717) is 10.6 Å². The minimum absolute atomic E-state index is 0.148. The minimum atomic E-state index is -0.992. The molecule has 1 heterocycles. The third-order valence-corrected chi connectivity index (χ3v) is 5.46. The number of imide groups is 1. The van der Waals surface area contributed by atoms with Crippen molar-refractivity contribution in [1.29, 1.82) is 0 Å². The molecule has 0 aromatic heterocycles. The van der Waals surface area contributed by atoms with Gasteiger partial charge in [0.1, 0.15) is 12.1 Å². The fourth-order valence-electron chi connectivity index (χ4n) is 3.80. The highest BCUT2D eigenvalue weighted by molar-refractivity contribution is 6.24. The van der Waals surface area contributed by atoms with E-state index in [2.05, 4.69) is 5.32 Å². The second-order valence-corrected chi connectivity index (χ2v) is 8.48. The summed E-state index contributed by atoms with van der Waals surface area (Å²) in [6, 6.07) is 9.43. The third-order valence-electron chi connectivity index (χ3n) is 5.46. The lowest BCUT2D eigenvalue weighted by Gasteiger charge is -2.20. The van der Waals surface area contributed by atoms with Crippen molar-refractivity contribution in [1.82, 2.24) is 4.90 Å². The molecule has 0 spiro atoms. The second-order valence-electron chi connectivity index (χ2n) is 8.48. The van der Waals surface area contributed by atoms with Gasteiger partial charge in [-0.15, -0.1) is 0 Å². The normalized spacial score (nSPS) is 12.8. The molecule has 0 atom stereocenters. The van der Waals surface area contributed by atoms with Crippen LogP contribution < -0.4 is 5.32 Å². The van der Waals surface area contributed by atoms with E-state index in [1.165, 1.54) is 12.1 Å². The summed E-state index contributed by atoms with van der Waals surface area (Å²) in [5.41, 5.74) is 1.51. The Labute approximate surface area is 196 Å². The van der Waals surface area contributed by atoms with Crippen molar-refractivity contribution in [3.63, 3.8) is 0 Å². The number of nitro benzene ring substituents is 1. The Morgan fingerprint density at radius 1 is 1.00 bits per heavy atom. The molecule has 3 rings (SSSR count). The average molecular weight is 467 g/mol. The number of fused-ring (bicyclic) bond motifs is 1. The van der Waals surface area contributed by atoms with Gasteiger partial charge in [0.15, 0.2) is 6.61 Å². The van der Waals surface area contributed by atoms with Gasteiger partial charge in [-0.05, 0) is 29.0 Å². The number of carbonyl (C=O) groups is 4. The van der Waals surface area contributed by atoms with Crippen LogP contribution in [0.3, 0.4) is 0 Å². The van der Waals surface area contributed by atoms with Crippen molar-refractivity contribution in [2.24, 2.45) is 0 Å². The van der Waals surface area contributed by atoms with Crippen molar-refractivity contribution in [3.8, 4) is 0 Å². The first-order valence-electron chi connectivity index (χ1n) is 10.7. The minimum Gasteiger partial charge on any atom is -0.454 e. The first-order chi connectivity index (χ1) is 16.0. The van der Waals surface area contributed by atoms with Gasteiger partial charge in [-0.1, -0.05) is 52.0 Å². The number of para-hydroxylation sites is 1. The highest BCUT2D eigenvalue weighted by Gasteiger charge is 2.42. The SMILES string of the molecule is CC(C)c1cccc(C(C)C)c1NC(=O)COC(=O)CN1C(=O)c2cccc([N+](=O)[O-])c2C1=O. The van der Waals surface area contributed by atoms with Crippen molar-refractivity contribution < 1.29 is 28.8 Å². The zero-order valence-electron chi connectivity index (χ0n) is 19.3. The van der Waals surface area contributed by atoms with E-state index in [0.717, 1.165) is 17.2 Å². The number of carbonyl (C=O) groups excluding carboxylic acids is 4. The van der Waals surface area contributed by atoms with Crippen LogP contribution >= 0.6 is 0 Å². The summed E-state index contributed by atoms with van der Waals surface area (Å²) in [6.45, 7) is 6.62. The topological polar surface area (TPSA) is 136 Å². The van der Waals surface area contributed by atoms with Gasteiger partial charge in [0.25, 0.3) is 23.4 Å². The molecule has 0 saturated heterocycles. The van der Waals surface area contributed by atoms with E-state index in [4.69, 9.17) is 4.74 Å². The summed E-state index contributed by atoms with van der Waals surface area (Å²) in [5.74, 6) is -3.06. The number of ether oxygens (including phenoxy) is 1. The maximum Gasteiger partial charge on any atom is 0.326 e. The van der Waals surface area contributed by atoms with Crippen LogP contribution in [0, 0.1) is 10.1 Å². The molecular formula is C24H25N3O7. The molecule has 10 heteroatoms. The van der Waals surface area contributed by atoms with Gasteiger partial charge in [0.05, 0.1) is 10.5 Å². The van der Waals surface area contributed by atoms with Gasteiger partial charge in [0.2, 0.25) is 0 Å². The van der Waals surface area contributed by atoms with Crippen LogP contribution in [-0.2, 0) is 14.3 Å². The molecule has 0 aliphatic carbocycles. The number of anilines is 1. The summed E-state index contributed by atoms with van der Waals surface area (Å²) in [5, 5.41) is 14.0. The van der Waals surface area contributed by atoms with E-state index in [9.17, 15) is 29.3 Å². The van der Waals surface area contributed by atoms with Crippen molar-refractivity contribution in [2.75, 3.05) is 18.5 Å². The Bertz CT molecular complexity index is 1160. The Morgan fingerprint density at radius 2 is 1.59 bits per heavy atom. The molecule has 1 N–H and O–H groups in total. The molecule has 0 radical (unpaired) electrons. The molecule has 0 saturated carbocycles. The van der Waals surface area contributed by atoms with Crippen LogP contribution in [-0.4, -0.2) is 46.7 Å². The van der Waals surface area contributed by atoms with Gasteiger partial charge in [-0.25, -0.2) is 0 Å². The van der Waals surface area contributed by atoms with E-state index in [-0.39, 0.29) is 23.0 Å². The van der Waals surface area contributed by atoms with Gasteiger partial charge in [-0.3, -0.25) is 34.2 Å². The molecule has 1 aliphatic heterocycles. The predicted octanol–water partition coefficient (Wildman–Crippen LogP) is 3.62. The second kappa shape index (κ2) is 9.82. The molecule has 178 valence electrons. The van der Waals surface area contributed by atoms with E-state index in [1.54, 1.807) is 0 Å². The number of hydrogen-bond acceptors (Lipinski definition) is 7. The number of esters is 1. The summed E-state index contributed by atoms with van der Waals surface area (Å²) in [4.78, 5) is 60.9. The van der Waals surface area contributed by atoms with Crippen LogP contribution in [0.2, 0.25) is 0 Å². The molecular weight excluding hydrogens is 442 g/mol. The first-order valence-corrected chi connectivity index (χ1v) is 10.7. The number of amides is 3. The molecule has 3 amide bonds. The summed E-state index contributed by atoms with van der Waals surface area (Å²) < 4.78 is 4.98. The Morgan fingerprint density at radius 3 is 2.15 bits per heavy atom. The quantitative estimate of drug-likeness (QED) is 0.271. The zero-order chi connectivity index (χ0) is 25.2. The largest absolute Gasteiger partial charge is 0.454 e. The molecule has 34 heavy (non-hydrogen) atoms. The Hall–Kier alpha value is -4.08. The average Bonchev–Trinajstić information content (AvgIpc) is 3.02. The Balaban J connectivity index is 1.66. The molecule has 1 aliphatic rings. The third kappa shape index (κ3) is 4.80. The number of nitro groups is 1. The molecule has 0 fully saturated rings. The van der Waals surface area contributed by atoms with Crippen molar-refractivity contribution >= 4 is 35.1 Å².